The minimum atomic E-state index is -0.930. The lowest BCUT2D eigenvalue weighted by atomic mass is 10.2. The number of fused-ring (bicyclic) bond motifs is 1. The number of para-hydroxylation sites is 1. The van der Waals surface area contributed by atoms with Gasteiger partial charge >= 0.3 is 5.97 Å². The second-order valence-electron chi connectivity index (χ2n) is 4.47. The van der Waals surface area contributed by atoms with Crippen LogP contribution in [-0.2, 0) is 4.79 Å². The van der Waals surface area contributed by atoms with E-state index in [9.17, 15) is 9.59 Å². The van der Waals surface area contributed by atoms with Gasteiger partial charge in [-0.15, -0.1) is 0 Å². The summed E-state index contributed by atoms with van der Waals surface area (Å²) in [6.07, 6.45) is -0.0818. The summed E-state index contributed by atoms with van der Waals surface area (Å²) in [7, 11) is 1.56. The number of carboxylic acid groups (broad SMARTS) is 1. The van der Waals surface area contributed by atoms with Crippen molar-refractivity contribution in [1.29, 1.82) is 0 Å². The van der Waals surface area contributed by atoms with Gasteiger partial charge in [0.25, 0.3) is 5.91 Å². The standard InChI is InChI=1S/C14H15NO4/c1-9-4-3-5-10-8-11(19-13(9)10)14(18)15(2)7-6-12(16)17/h3-5,8H,6-7H2,1-2H3,(H,16,17). The van der Waals surface area contributed by atoms with Gasteiger partial charge in [0.05, 0.1) is 6.42 Å². The topological polar surface area (TPSA) is 70.8 Å². The molecule has 5 heteroatoms. The molecular weight excluding hydrogens is 246 g/mol. The highest BCUT2D eigenvalue weighted by molar-refractivity contribution is 5.96. The van der Waals surface area contributed by atoms with E-state index in [2.05, 4.69) is 0 Å². The van der Waals surface area contributed by atoms with Crippen molar-refractivity contribution in [2.45, 2.75) is 13.3 Å². The number of carbonyl (C=O) groups is 2. The lowest BCUT2D eigenvalue weighted by molar-refractivity contribution is -0.137. The lowest BCUT2D eigenvalue weighted by Crippen LogP contribution is -2.28. The van der Waals surface area contributed by atoms with Crippen LogP contribution in [0.5, 0.6) is 0 Å². The molecule has 0 aliphatic rings. The van der Waals surface area contributed by atoms with Crippen LogP contribution in [-0.4, -0.2) is 35.5 Å². The molecule has 0 bridgehead atoms. The molecule has 2 rings (SSSR count). The Balaban J connectivity index is 2.21. The largest absolute Gasteiger partial charge is 0.481 e. The number of hydrogen-bond donors (Lipinski definition) is 1. The molecule has 1 N–H and O–H groups in total. The first-order valence-electron chi connectivity index (χ1n) is 5.95. The van der Waals surface area contributed by atoms with E-state index in [1.165, 1.54) is 4.90 Å². The molecular formula is C14H15NO4. The van der Waals surface area contributed by atoms with E-state index in [4.69, 9.17) is 9.52 Å². The summed E-state index contributed by atoms with van der Waals surface area (Å²) in [6, 6.07) is 7.37. The quantitative estimate of drug-likeness (QED) is 0.916. The molecule has 0 aliphatic carbocycles. The highest BCUT2D eigenvalue weighted by Crippen LogP contribution is 2.23. The van der Waals surface area contributed by atoms with Gasteiger partial charge in [0, 0.05) is 19.0 Å². The molecule has 0 atom stereocenters. The Labute approximate surface area is 110 Å². The Morgan fingerprint density at radius 1 is 1.37 bits per heavy atom. The van der Waals surface area contributed by atoms with Gasteiger partial charge in [0.2, 0.25) is 0 Å². The smallest absolute Gasteiger partial charge is 0.305 e. The maximum absolute atomic E-state index is 12.1. The fourth-order valence-corrected chi connectivity index (χ4v) is 1.87. The first kappa shape index (κ1) is 13.1. The van der Waals surface area contributed by atoms with Crippen molar-refractivity contribution < 1.29 is 19.1 Å². The van der Waals surface area contributed by atoms with Crippen LogP contribution >= 0.6 is 0 Å². The predicted molar refractivity (Wildman–Crippen MR) is 70.2 cm³/mol. The van der Waals surface area contributed by atoms with Crippen molar-refractivity contribution in [1.82, 2.24) is 4.90 Å². The van der Waals surface area contributed by atoms with Crippen LogP contribution in [0.3, 0.4) is 0 Å². The highest BCUT2D eigenvalue weighted by Gasteiger charge is 2.17. The molecule has 100 valence electrons. The number of nitrogens with zero attached hydrogens (tertiary/aromatic N) is 1. The summed E-state index contributed by atoms with van der Waals surface area (Å²) in [4.78, 5) is 23.9. The van der Waals surface area contributed by atoms with Gasteiger partial charge in [0.1, 0.15) is 5.58 Å². The van der Waals surface area contributed by atoms with Gasteiger partial charge in [0.15, 0.2) is 5.76 Å². The Hall–Kier alpha value is -2.30. The van der Waals surface area contributed by atoms with Crippen molar-refractivity contribution >= 4 is 22.8 Å². The van der Waals surface area contributed by atoms with Crippen LogP contribution in [0.4, 0.5) is 0 Å². The Morgan fingerprint density at radius 3 is 2.74 bits per heavy atom. The summed E-state index contributed by atoms with van der Waals surface area (Å²) in [5.74, 6) is -1.01. The third-order valence-electron chi connectivity index (χ3n) is 2.96. The van der Waals surface area contributed by atoms with Crippen molar-refractivity contribution in [2.75, 3.05) is 13.6 Å². The summed E-state index contributed by atoms with van der Waals surface area (Å²) >= 11 is 0. The predicted octanol–water partition coefficient (Wildman–Crippen LogP) is 2.29. The number of furan rings is 1. The molecule has 0 aliphatic heterocycles. The molecule has 5 nitrogen and oxygen atoms in total. The summed E-state index contributed by atoms with van der Waals surface area (Å²) in [6.45, 7) is 2.07. The van der Waals surface area contributed by atoms with E-state index in [0.29, 0.717) is 5.58 Å². The first-order valence-corrected chi connectivity index (χ1v) is 5.95. The number of benzene rings is 1. The Kier molecular flexibility index (Phi) is 3.55. The molecule has 1 aromatic heterocycles. The first-order chi connectivity index (χ1) is 8.99. The SMILES string of the molecule is Cc1cccc2cc(C(=O)N(C)CCC(=O)O)oc12. The summed E-state index contributed by atoms with van der Waals surface area (Å²) in [5.41, 5.74) is 1.65. The maximum Gasteiger partial charge on any atom is 0.305 e. The number of rotatable bonds is 4. The van der Waals surface area contributed by atoms with Gasteiger partial charge in [-0.25, -0.2) is 0 Å². The summed E-state index contributed by atoms with van der Waals surface area (Å²) < 4.78 is 5.55. The third-order valence-corrected chi connectivity index (χ3v) is 2.96. The van der Waals surface area contributed by atoms with Gasteiger partial charge in [-0.1, -0.05) is 18.2 Å². The van der Waals surface area contributed by atoms with E-state index in [1.54, 1.807) is 13.1 Å². The number of amides is 1. The van der Waals surface area contributed by atoms with Gasteiger partial charge in [-0.3, -0.25) is 9.59 Å². The zero-order chi connectivity index (χ0) is 14.0. The monoisotopic (exact) mass is 261 g/mol. The number of carbonyl (C=O) groups excluding carboxylic acids is 1. The van der Waals surface area contributed by atoms with E-state index in [1.807, 2.05) is 25.1 Å². The molecule has 0 radical (unpaired) electrons. The Bertz CT molecular complexity index is 629. The van der Waals surface area contributed by atoms with Crippen molar-refractivity contribution in [2.24, 2.45) is 0 Å². The Morgan fingerprint density at radius 2 is 2.11 bits per heavy atom. The highest BCUT2D eigenvalue weighted by atomic mass is 16.4. The fraction of sp³-hybridized carbons (Fsp3) is 0.286. The zero-order valence-corrected chi connectivity index (χ0v) is 10.8. The van der Waals surface area contributed by atoms with Gasteiger partial charge in [-0.2, -0.15) is 0 Å². The lowest BCUT2D eigenvalue weighted by Gasteiger charge is -2.13. The third kappa shape index (κ3) is 2.76. The number of carboxylic acids is 1. The molecule has 0 spiro atoms. The minimum Gasteiger partial charge on any atom is -0.481 e. The molecule has 0 saturated carbocycles. The molecule has 1 aromatic carbocycles. The van der Waals surface area contributed by atoms with Crippen molar-refractivity contribution in [3.05, 3.63) is 35.6 Å². The van der Waals surface area contributed by atoms with E-state index < -0.39 is 5.97 Å². The van der Waals surface area contributed by atoms with E-state index in [0.717, 1.165) is 10.9 Å². The van der Waals surface area contributed by atoms with Crippen molar-refractivity contribution in [3.63, 3.8) is 0 Å². The van der Waals surface area contributed by atoms with Crippen LogP contribution in [0.2, 0.25) is 0 Å². The van der Waals surface area contributed by atoms with Crippen LogP contribution in [0.15, 0.2) is 28.7 Å². The minimum absolute atomic E-state index is 0.0818. The maximum atomic E-state index is 12.1. The second-order valence-corrected chi connectivity index (χ2v) is 4.47. The molecule has 0 unspecified atom stereocenters. The van der Waals surface area contributed by atoms with Gasteiger partial charge < -0.3 is 14.4 Å². The van der Waals surface area contributed by atoms with Crippen LogP contribution in [0.1, 0.15) is 22.5 Å². The zero-order valence-electron chi connectivity index (χ0n) is 10.8. The molecule has 0 fully saturated rings. The molecule has 1 heterocycles. The number of aryl methyl sites for hydroxylation is 1. The van der Waals surface area contributed by atoms with Gasteiger partial charge in [-0.05, 0) is 18.6 Å². The van der Waals surface area contributed by atoms with Crippen LogP contribution < -0.4 is 0 Å². The van der Waals surface area contributed by atoms with E-state index >= 15 is 0 Å². The van der Waals surface area contributed by atoms with Crippen molar-refractivity contribution in [3.8, 4) is 0 Å². The van der Waals surface area contributed by atoms with E-state index in [-0.39, 0.29) is 24.6 Å². The number of aliphatic carboxylic acids is 1. The normalized spacial score (nSPS) is 10.6. The average molecular weight is 261 g/mol. The van der Waals surface area contributed by atoms with Crippen LogP contribution in [0, 0.1) is 6.92 Å². The molecule has 1 amide bonds. The number of hydrogen-bond acceptors (Lipinski definition) is 3. The molecule has 0 saturated heterocycles. The molecule has 19 heavy (non-hydrogen) atoms. The summed E-state index contributed by atoms with van der Waals surface area (Å²) in [5, 5.41) is 9.47. The second kappa shape index (κ2) is 5.14. The average Bonchev–Trinajstić information content (AvgIpc) is 2.80. The molecule has 2 aromatic rings. The van der Waals surface area contributed by atoms with Crippen LogP contribution in [0.25, 0.3) is 11.0 Å². The fourth-order valence-electron chi connectivity index (χ4n) is 1.87.